The molecular weight excluding hydrogens is 276 g/mol. The molecule has 2 aromatic carbocycles. The number of aliphatic carboxylic acids is 1. The van der Waals surface area contributed by atoms with Crippen molar-refractivity contribution in [3.05, 3.63) is 65.7 Å². The van der Waals surface area contributed by atoms with Crippen LogP contribution in [0.1, 0.15) is 31.9 Å². The van der Waals surface area contributed by atoms with Gasteiger partial charge in [-0.05, 0) is 22.6 Å². The average molecular weight is 298 g/mol. The Labute approximate surface area is 131 Å². The minimum atomic E-state index is -0.951. The zero-order valence-corrected chi connectivity index (χ0v) is 13.2. The van der Waals surface area contributed by atoms with Crippen LogP contribution in [0.2, 0.25) is 0 Å². The number of para-hydroxylation sites is 1. The van der Waals surface area contributed by atoms with Crippen molar-refractivity contribution in [2.75, 3.05) is 0 Å². The third kappa shape index (κ3) is 4.10. The predicted octanol–water partition coefficient (Wildman–Crippen LogP) is 4.06. The number of ether oxygens (including phenoxy) is 1. The zero-order chi connectivity index (χ0) is 16.2. The van der Waals surface area contributed by atoms with Crippen molar-refractivity contribution in [2.45, 2.75) is 38.7 Å². The van der Waals surface area contributed by atoms with Gasteiger partial charge in [-0.25, -0.2) is 4.79 Å². The Morgan fingerprint density at radius 2 is 1.64 bits per heavy atom. The van der Waals surface area contributed by atoms with E-state index in [1.165, 1.54) is 0 Å². The first-order valence-corrected chi connectivity index (χ1v) is 7.41. The molecule has 3 nitrogen and oxygen atoms in total. The molecule has 0 aliphatic carbocycles. The molecule has 0 aliphatic heterocycles. The lowest BCUT2D eigenvalue weighted by atomic mass is 9.86. The summed E-state index contributed by atoms with van der Waals surface area (Å²) in [6.45, 7) is 6.26. The van der Waals surface area contributed by atoms with Crippen LogP contribution in [0.3, 0.4) is 0 Å². The van der Waals surface area contributed by atoms with Gasteiger partial charge in [0.05, 0.1) is 0 Å². The fourth-order valence-electron chi connectivity index (χ4n) is 2.35. The Balaban J connectivity index is 2.24. The van der Waals surface area contributed by atoms with Gasteiger partial charge in [-0.3, -0.25) is 0 Å². The van der Waals surface area contributed by atoms with Crippen molar-refractivity contribution in [1.82, 2.24) is 0 Å². The summed E-state index contributed by atoms with van der Waals surface area (Å²) in [7, 11) is 0. The molecule has 0 aromatic heterocycles. The highest BCUT2D eigenvalue weighted by atomic mass is 16.5. The van der Waals surface area contributed by atoms with E-state index in [9.17, 15) is 9.90 Å². The molecule has 0 heterocycles. The SMILES string of the molecule is CC(C)(C)c1ccccc1O[C@H](Cc1ccccc1)C(=O)O. The number of carboxylic acid groups (broad SMARTS) is 1. The van der Waals surface area contributed by atoms with Gasteiger partial charge >= 0.3 is 5.97 Å². The highest BCUT2D eigenvalue weighted by Crippen LogP contribution is 2.31. The van der Waals surface area contributed by atoms with Crippen molar-refractivity contribution in [2.24, 2.45) is 0 Å². The molecule has 0 unspecified atom stereocenters. The first-order valence-electron chi connectivity index (χ1n) is 7.41. The van der Waals surface area contributed by atoms with Crippen molar-refractivity contribution >= 4 is 5.97 Å². The second-order valence-electron chi connectivity index (χ2n) is 6.38. The number of rotatable bonds is 5. The predicted molar refractivity (Wildman–Crippen MR) is 87.3 cm³/mol. The Bertz CT molecular complexity index is 627. The second-order valence-corrected chi connectivity index (χ2v) is 6.38. The van der Waals surface area contributed by atoms with Crippen LogP contribution in [0.25, 0.3) is 0 Å². The van der Waals surface area contributed by atoms with E-state index in [1.807, 2.05) is 54.6 Å². The summed E-state index contributed by atoms with van der Waals surface area (Å²) in [5.41, 5.74) is 1.85. The normalized spacial score (nSPS) is 12.7. The first-order chi connectivity index (χ1) is 10.4. The molecule has 2 aromatic rings. The molecule has 2 rings (SSSR count). The lowest BCUT2D eigenvalue weighted by molar-refractivity contribution is -0.145. The van der Waals surface area contributed by atoms with E-state index in [4.69, 9.17) is 4.74 Å². The number of hydrogen-bond donors (Lipinski definition) is 1. The van der Waals surface area contributed by atoms with Crippen LogP contribution in [0.5, 0.6) is 5.75 Å². The quantitative estimate of drug-likeness (QED) is 0.905. The summed E-state index contributed by atoms with van der Waals surface area (Å²) >= 11 is 0. The van der Waals surface area contributed by atoms with Crippen molar-refractivity contribution < 1.29 is 14.6 Å². The van der Waals surface area contributed by atoms with Crippen LogP contribution < -0.4 is 4.74 Å². The third-order valence-corrected chi connectivity index (χ3v) is 3.50. The van der Waals surface area contributed by atoms with E-state index in [1.54, 1.807) is 0 Å². The number of carboxylic acids is 1. The Morgan fingerprint density at radius 3 is 2.23 bits per heavy atom. The van der Waals surface area contributed by atoms with E-state index in [0.717, 1.165) is 11.1 Å². The molecule has 0 saturated heterocycles. The van der Waals surface area contributed by atoms with E-state index in [0.29, 0.717) is 12.2 Å². The van der Waals surface area contributed by atoms with Gasteiger partial charge in [-0.1, -0.05) is 69.3 Å². The highest BCUT2D eigenvalue weighted by Gasteiger charge is 2.24. The van der Waals surface area contributed by atoms with Gasteiger partial charge in [0.2, 0.25) is 0 Å². The van der Waals surface area contributed by atoms with Crippen molar-refractivity contribution in [1.29, 1.82) is 0 Å². The fraction of sp³-hybridized carbons (Fsp3) is 0.316. The second kappa shape index (κ2) is 6.65. The summed E-state index contributed by atoms with van der Waals surface area (Å²) in [5.74, 6) is -0.314. The molecule has 0 bridgehead atoms. The molecule has 0 saturated carbocycles. The Morgan fingerprint density at radius 1 is 1.05 bits per heavy atom. The summed E-state index contributed by atoms with van der Waals surface area (Å²) < 4.78 is 5.84. The molecule has 0 spiro atoms. The maximum absolute atomic E-state index is 11.5. The van der Waals surface area contributed by atoms with Crippen LogP contribution >= 0.6 is 0 Å². The van der Waals surface area contributed by atoms with Crippen molar-refractivity contribution in [3.63, 3.8) is 0 Å². The third-order valence-electron chi connectivity index (χ3n) is 3.50. The minimum absolute atomic E-state index is 0.105. The topological polar surface area (TPSA) is 46.5 Å². The van der Waals surface area contributed by atoms with Crippen LogP contribution in [0.15, 0.2) is 54.6 Å². The summed E-state index contributed by atoms with van der Waals surface area (Å²) in [4.78, 5) is 11.5. The van der Waals surface area contributed by atoms with Gasteiger partial charge in [0.25, 0.3) is 0 Å². The zero-order valence-electron chi connectivity index (χ0n) is 13.2. The van der Waals surface area contributed by atoms with E-state index < -0.39 is 12.1 Å². The molecule has 0 radical (unpaired) electrons. The van der Waals surface area contributed by atoms with Gasteiger partial charge < -0.3 is 9.84 Å². The van der Waals surface area contributed by atoms with Gasteiger partial charge in [0.15, 0.2) is 6.10 Å². The maximum Gasteiger partial charge on any atom is 0.345 e. The molecule has 3 heteroatoms. The molecule has 0 fully saturated rings. The van der Waals surface area contributed by atoms with E-state index >= 15 is 0 Å². The Hall–Kier alpha value is -2.29. The fourth-order valence-corrected chi connectivity index (χ4v) is 2.35. The number of carbonyl (C=O) groups is 1. The van der Waals surface area contributed by atoms with E-state index in [-0.39, 0.29) is 5.41 Å². The molecule has 1 N–H and O–H groups in total. The van der Waals surface area contributed by atoms with E-state index in [2.05, 4.69) is 20.8 Å². The number of benzene rings is 2. The van der Waals surface area contributed by atoms with Crippen LogP contribution in [0, 0.1) is 0 Å². The van der Waals surface area contributed by atoms with Crippen LogP contribution in [-0.4, -0.2) is 17.2 Å². The maximum atomic E-state index is 11.5. The minimum Gasteiger partial charge on any atom is -0.478 e. The standard InChI is InChI=1S/C19H22O3/c1-19(2,3)15-11-7-8-12-16(15)22-17(18(20)21)13-14-9-5-4-6-10-14/h4-12,17H,13H2,1-3H3,(H,20,21)/t17-/m1/s1. The lowest BCUT2D eigenvalue weighted by Crippen LogP contribution is -2.30. The molecular formula is C19H22O3. The largest absolute Gasteiger partial charge is 0.478 e. The van der Waals surface area contributed by atoms with Crippen molar-refractivity contribution in [3.8, 4) is 5.75 Å². The summed E-state index contributed by atoms with van der Waals surface area (Å²) in [6.07, 6.45) is -0.555. The molecule has 0 amide bonds. The van der Waals surface area contributed by atoms with Gasteiger partial charge in [-0.2, -0.15) is 0 Å². The molecule has 22 heavy (non-hydrogen) atoms. The molecule has 1 atom stereocenters. The van der Waals surface area contributed by atoms with Gasteiger partial charge in [-0.15, -0.1) is 0 Å². The monoisotopic (exact) mass is 298 g/mol. The Kier molecular flexibility index (Phi) is 4.86. The smallest absolute Gasteiger partial charge is 0.345 e. The average Bonchev–Trinajstić information content (AvgIpc) is 2.47. The first kappa shape index (κ1) is 16.1. The lowest BCUT2D eigenvalue weighted by Gasteiger charge is -2.24. The van der Waals surface area contributed by atoms with Crippen LogP contribution in [0.4, 0.5) is 0 Å². The number of hydrogen-bond acceptors (Lipinski definition) is 2. The molecule has 116 valence electrons. The summed E-state index contributed by atoms with van der Waals surface area (Å²) in [6, 6.07) is 17.2. The van der Waals surface area contributed by atoms with Crippen LogP contribution in [-0.2, 0) is 16.6 Å². The highest BCUT2D eigenvalue weighted by molar-refractivity contribution is 5.73. The molecule has 0 aliphatic rings. The van der Waals surface area contributed by atoms with Gasteiger partial charge in [0, 0.05) is 6.42 Å². The van der Waals surface area contributed by atoms with Gasteiger partial charge in [0.1, 0.15) is 5.75 Å². The summed E-state index contributed by atoms with van der Waals surface area (Å²) in [5, 5.41) is 9.46.